The third-order valence-corrected chi connectivity index (χ3v) is 1.48. The number of urea groups is 1. The predicted molar refractivity (Wildman–Crippen MR) is 48.0 cm³/mol. The smallest absolute Gasteiger partial charge is 0.316 e. The molecule has 1 unspecified atom stereocenters. The zero-order chi connectivity index (χ0) is 9.56. The maximum absolute atomic E-state index is 10.9. The van der Waals surface area contributed by atoms with Crippen LogP contribution in [0.5, 0.6) is 0 Å². The van der Waals surface area contributed by atoms with Crippen LogP contribution < -0.4 is 5.32 Å². The highest BCUT2D eigenvalue weighted by atomic mass is 16.3. The summed E-state index contributed by atoms with van der Waals surface area (Å²) in [5.74, 6) is 0. The van der Waals surface area contributed by atoms with E-state index in [1.54, 1.807) is 21.0 Å². The minimum atomic E-state index is -0.277. The van der Waals surface area contributed by atoms with Crippen molar-refractivity contribution in [3.8, 4) is 0 Å². The number of aliphatic hydroxyl groups excluding tert-OH is 1. The molecular formula is C8H18N2O2. The van der Waals surface area contributed by atoms with E-state index >= 15 is 0 Å². The lowest BCUT2D eigenvalue weighted by Crippen LogP contribution is -2.35. The van der Waals surface area contributed by atoms with Gasteiger partial charge in [-0.15, -0.1) is 0 Å². The van der Waals surface area contributed by atoms with Crippen molar-refractivity contribution in [1.82, 2.24) is 10.2 Å². The molecule has 0 spiro atoms. The van der Waals surface area contributed by atoms with Gasteiger partial charge in [0.15, 0.2) is 0 Å². The molecule has 2 N–H and O–H groups in total. The van der Waals surface area contributed by atoms with E-state index in [9.17, 15) is 4.79 Å². The lowest BCUT2D eigenvalue weighted by atomic mass is 10.2. The Hall–Kier alpha value is -0.770. The molecule has 0 aromatic carbocycles. The van der Waals surface area contributed by atoms with E-state index in [0.29, 0.717) is 6.54 Å². The van der Waals surface area contributed by atoms with Crippen molar-refractivity contribution in [2.45, 2.75) is 25.9 Å². The van der Waals surface area contributed by atoms with Crippen molar-refractivity contribution in [3.05, 3.63) is 0 Å². The summed E-state index contributed by atoms with van der Waals surface area (Å²) in [4.78, 5) is 12.4. The number of carbonyl (C=O) groups excluding carboxylic acids is 1. The SMILES string of the molecule is CC(O)CCCNC(=O)N(C)C. The molecule has 0 aromatic heterocycles. The summed E-state index contributed by atoms with van der Waals surface area (Å²) in [5, 5.41) is 11.6. The fourth-order valence-electron chi connectivity index (χ4n) is 0.751. The molecule has 12 heavy (non-hydrogen) atoms. The number of nitrogens with zero attached hydrogens (tertiary/aromatic N) is 1. The molecule has 0 aliphatic carbocycles. The highest BCUT2D eigenvalue weighted by Crippen LogP contribution is 1.93. The molecule has 0 saturated carbocycles. The van der Waals surface area contributed by atoms with Gasteiger partial charge >= 0.3 is 6.03 Å². The zero-order valence-electron chi connectivity index (χ0n) is 8.00. The third-order valence-electron chi connectivity index (χ3n) is 1.48. The maximum Gasteiger partial charge on any atom is 0.316 e. The molecule has 0 aromatic rings. The molecule has 0 fully saturated rings. The van der Waals surface area contributed by atoms with Crippen LogP contribution in [-0.2, 0) is 0 Å². The van der Waals surface area contributed by atoms with E-state index in [0.717, 1.165) is 12.8 Å². The molecule has 0 radical (unpaired) electrons. The molecule has 0 aliphatic heterocycles. The van der Waals surface area contributed by atoms with Gasteiger partial charge in [-0.2, -0.15) is 0 Å². The van der Waals surface area contributed by atoms with Gasteiger partial charge in [0.2, 0.25) is 0 Å². The molecule has 1 atom stereocenters. The highest BCUT2D eigenvalue weighted by molar-refractivity contribution is 5.73. The van der Waals surface area contributed by atoms with E-state index in [1.807, 2.05) is 0 Å². The van der Waals surface area contributed by atoms with Gasteiger partial charge in [-0.3, -0.25) is 0 Å². The summed E-state index contributed by atoms with van der Waals surface area (Å²) in [5.41, 5.74) is 0. The number of aliphatic hydroxyl groups is 1. The molecule has 0 rings (SSSR count). The second-order valence-corrected chi connectivity index (χ2v) is 3.12. The number of carbonyl (C=O) groups is 1. The van der Waals surface area contributed by atoms with Crippen molar-refractivity contribution in [2.24, 2.45) is 0 Å². The average Bonchev–Trinajstić information content (AvgIpc) is 1.97. The Morgan fingerprint density at radius 3 is 2.58 bits per heavy atom. The molecule has 0 bridgehead atoms. The van der Waals surface area contributed by atoms with Gasteiger partial charge in [0.1, 0.15) is 0 Å². The van der Waals surface area contributed by atoms with Gasteiger partial charge < -0.3 is 15.3 Å². The van der Waals surface area contributed by atoms with Crippen LogP contribution in [0, 0.1) is 0 Å². The van der Waals surface area contributed by atoms with Crippen molar-refractivity contribution < 1.29 is 9.90 Å². The van der Waals surface area contributed by atoms with Gasteiger partial charge in [-0.1, -0.05) is 0 Å². The van der Waals surface area contributed by atoms with Crippen molar-refractivity contribution in [3.63, 3.8) is 0 Å². The highest BCUT2D eigenvalue weighted by Gasteiger charge is 2.01. The Balaban J connectivity index is 3.26. The van der Waals surface area contributed by atoms with Crippen LogP contribution >= 0.6 is 0 Å². The molecule has 0 aliphatic rings. The van der Waals surface area contributed by atoms with Crippen LogP contribution in [0.25, 0.3) is 0 Å². The average molecular weight is 174 g/mol. The van der Waals surface area contributed by atoms with Crippen molar-refractivity contribution in [1.29, 1.82) is 0 Å². The monoisotopic (exact) mass is 174 g/mol. The molecule has 72 valence electrons. The minimum absolute atomic E-state index is 0.0828. The van der Waals surface area contributed by atoms with E-state index < -0.39 is 0 Å². The van der Waals surface area contributed by atoms with Crippen LogP contribution in [0.1, 0.15) is 19.8 Å². The van der Waals surface area contributed by atoms with Gasteiger partial charge in [-0.05, 0) is 19.8 Å². The quantitative estimate of drug-likeness (QED) is 0.607. The van der Waals surface area contributed by atoms with Crippen LogP contribution in [0.2, 0.25) is 0 Å². The van der Waals surface area contributed by atoms with E-state index in [1.165, 1.54) is 4.90 Å². The molecular weight excluding hydrogens is 156 g/mol. The first-order chi connectivity index (χ1) is 5.54. The molecule has 2 amide bonds. The summed E-state index contributed by atoms with van der Waals surface area (Å²) in [6.07, 6.45) is 1.27. The third kappa shape index (κ3) is 5.97. The van der Waals surface area contributed by atoms with Crippen molar-refractivity contribution >= 4 is 6.03 Å². The Morgan fingerprint density at radius 2 is 2.17 bits per heavy atom. The van der Waals surface area contributed by atoms with Gasteiger partial charge in [0, 0.05) is 20.6 Å². The number of amides is 2. The first kappa shape index (κ1) is 11.2. The Labute approximate surface area is 73.6 Å². The number of rotatable bonds is 4. The second kappa shape index (κ2) is 5.83. The maximum atomic E-state index is 10.9. The van der Waals surface area contributed by atoms with Crippen molar-refractivity contribution in [2.75, 3.05) is 20.6 Å². The van der Waals surface area contributed by atoms with Crippen LogP contribution in [0.15, 0.2) is 0 Å². The van der Waals surface area contributed by atoms with Crippen LogP contribution in [0.3, 0.4) is 0 Å². The first-order valence-corrected chi connectivity index (χ1v) is 4.17. The van der Waals surface area contributed by atoms with E-state index in [4.69, 9.17) is 5.11 Å². The van der Waals surface area contributed by atoms with Gasteiger partial charge in [0.25, 0.3) is 0 Å². The molecule has 0 heterocycles. The summed E-state index contributed by atoms with van der Waals surface area (Å²) < 4.78 is 0. The standard InChI is InChI=1S/C8H18N2O2/c1-7(11)5-4-6-9-8(12)10(2)3/h7,11H,4-6H2,1-3H3,(H,9,12). The molecule has 4 heteroatoms. The lowest BCUT2D eigenvalue weighted by Gasteiger charge is -2.11. The largest absolute Gasteiger partial charge is 0.393 e. The van der Waals surface area contributed by atoms with E-state index in [2.05, 4.69) is 5.32 Å². The zero-order valence-corrected chi connectivity index (χ0v) is 8.00. The fraction of sp³-hybridized carbons (Fsp3) is 0.875. The van der Waals surface area contributed by atoms with Crippen LogP contribution in [-0.4, -0.2) is 42.8 Å². The Morgan fingerprint density at radius 1 is 1.58 bits per heavy atom. The second-order valence-electron chi connectivity index (χ2n) is 3.12. The lowest BCUT2D eigenvalue weighted by molar-refractivity contribution is 0.180. The Kier molecular flexibility index (Phi) is 5.45. The van der Waals surface area contributed by atoms with Gasteiger partial charge in [0.05, 0.1) is 6.10 Å². The predicted octanol–water partition coefficient (Wildman–Crippen LogP) is 0.419. The summed E-state index contributed by atoms with van der Waals surface area (Å²) in [6, 6.07) is -0.0828. The number of nitrogens with one attached hydrogen (secondary N) is 1. The summed E-state index contributed by atoms with van der Waals surface area (Å²) in [7, 11) is 3.40. The van der Waals surface area contributed by atoms with Gasteiger partial charge in [-0.25, -0.2) is 4.79 Å². The minimum Gasteiger partial charge on any atom is -0.393 e. The van der Waals surface area contributed by atoms with E-state index in [-0.39, 0.29) is 12.1 Å². The molecule has 0 saturated heterocycles. The van der Waals surface area contributed by atoms with Crippen LogP contribution in [0.4, 0.5) is 4.79 Å². The number of hydrogen-bond donors (Lipinski definition) is 2. The number of hydrogen-bond acceptors (Lipinski definition) is 2. The fourth-order valence-corrected chi connectivity index (χ4v) is 0.751. The summed E-state index contributed by atoms with van der Waals surface area (Å²) in [6.45, 7) is 2.37. The Bertz CT molecular complexity index is 135. The molecule has 4 nitrogen and oxygen atoms in total. The first-order valence-electron chi connectivity index (χ1n) is 4.17. The topological polar surface area (TPSA) is 52.6 Å². The normalized spacial score (nSPS) is 12.3. The summed E-state index contributed by atoms with van der Waals surface area (Å²) >= 11 is 0.